The summed E-state index contributed by atoms with van der Waals surface area (Å²) in [5, 5.41) is 1.81. The SMILES string of the molecule is Cc1cc(C)cc(-c2cc(C)c3c(Cl)cccc3n2)c1. The Labute approximate surface area is 124 Å². The average Bonchev–Trinajstić information content (AvgIpc) is 2.37. The number of fused-ring (bicyclic) bond motifs is 1. The van der Waals surface area contributed by atoms with Crippen LogP contribution >= 0.6 is 11.6 Å². The second-order valence-corrected chi connectivity index (χ2v) is 5.74. The molecule has 2 heteroatoms. The van der Waals surface area contributed by atoms with Gasteiger partial charge in [0.25, 0.3) is 0 Å². The third-order valence-electron chi connectivity index (χ3n) is 3.50. The predicted octanol–water partition coefficient (Wildman–Crippen LogP) is 5.48. The van der Waals surface area contributed by atoms with Crippen molar-refractivity contribution in [1.29, 1.82) is 0 Å². The lowest BCUT2D eigenvalue weighted by atomic mass is 10.0. The quantitative estimate of drug-likeness (QED) is 0.575. The van der Waals surface area contributed by atoms with Crippen molar-refractivity contribution in [2.75, 3.05) is 0 Å². The van der Waals surface area contributed by atoms with Crippen molar-refractivity contribution in [3.8, 4) is 11.3 Å². The van der Waals surface area contributed by atoms with Gasteiger partial charge in [-0.2, -0.15) is 0 Å². The van der Waals surface area contributed by atoms with Crippen LogP contribution in [0.25, 0.3) is 22.2 Å². The molecule has 0 N–H and O–H groups in total. The summed E-state index contributed by atoms with van der Waals surface area (Å²) in [6.45, 7) is 6.31. The molecule has 0 unspecified atom stereocenters. The highest BCUT2D eigenvalue weighted by Crippen LogP contribution is 2.29. The summed E-state index contributed by atoms with van der Waals surface area (Å²) >= 11 is 6.27. The van der Waals surface area contributed by atoms with Crippen LogP contribution in [0.15, 0.2) is 42.5 Å². The van der Waals surface area contributed by atoms with E-state index in [1.807, 2.05) is 18.2 Å². The summed E-state index contributed by atoms with van der Waals surface area (Å²) in [4.78, 5) is 4.76. The molecule has 0 saturated carbocycles. The van der Waals surface area contributed by atoms with E-state index in [1.165, 1.54) is 11.1 Å². The number of benzene rings is 2. The molecule has 1 aromatic heterocycles. The molecule has 0 fully saturated rings. The predicted molar refractivity (Wildman–Crippen MR) is 86.4 cm³/mol. The molecule has 2 aromatic carbocycles. The first-order chi connectivity index (χ1) is 9.54. The number of pyridine rings is 1. The zero-order valence-corrected chi connectivity index (χ0v) is 12.6. The van der Waals surface area contributed by atoms with Gasteiger partial charge in [-0.25, -0.2) is 4.98 Å². The van der Waals surface area contributed by atoms with Crippen LogP contribution in [0, 0.1) is 20.8 Å². The molecule has 0 aliphatic rings. The molecule has 0 spiro atoms. The lowest BCUT2D eigenvalue weighted by Crippen LogP contribution is -1.91. The van der Waals surface area contributed by atoms with Gasteiger partial charge in [0.2, 0.25) is 0 Å². The smallest absolute Gasteiger partial charge is 0.0727 e. The van der Waals surface area contributed by atoms with Gasteiger partial charge >= 0.3 is 0 Å². The maximum Gasteiger partial charge on any atom is 0.0727 e. The minimum atomic E-state index is 0.763. The van der Waals surface area contributed by atoms with Crippen molar-refractivity contribution in [3.05, 3.63) is 64.2 Å². The molecule has 3 rings (SSSR count). The van der Waals surface area contributed by atoms with Crippen molar-refractivity contribution >= 4 is 22.5 Å². The Morgan fingerprint density at radius 3 is 2.30 bits per heavy atom. The van der Waals surface area contributed by atoms with E-state index in [0.717, 1.165) is 32.7 Å². The van der Waals surface area contributed by atoms with Crippen LogP contribution in [0.5, 0.6) is 0 Å². The van der Waals surface area contributed by atoms with Crippen LogP contribution in [-0.2, 0) is 0 Å². The van der Waals surface area contributed by atoms with Crippen LogP contribution < -0.4 is 0 Å². The molecule has 0 aliphatic heterocycles. The summed E-state index contributed by atoms with van der Waals surface area (Å²) in [7, 11) is 0. The van der Waals surface area contributed by atoms with Crippen molar-refractivity contribution in [3.63, 3.8) is 0 Å². The molecular formula is C18H16ClN. The topological polar surface area (TPSA) is 12.9 Å². The van der Waals surface area contributed by atoms with Gasteiger partial charge in [-0.05, 0) is 56.7 Å². The van der Waals surface area contributed by atoms with Crippen LogP contribution in [0.4, 0.5) is 0 Å². The minimum Gasteiger partial charge on any atom is -0.248 e. The molecule has 0 radical (unpaired) electrons. The Morgan fingerprint density at radius 1 is 0.900 bits per heavy atom. The second kappa shape index (κ2) is 4.92. The molecule has 0 aliphatic carbocycles. The molecule has 0 amide bonds. The molecule has 0 bridgehead atoms. The number of hydrogen-bond acceptors (Lipinski definition) is 1. The van der Waals surface area contributed by atoms with E-state index in [-0.39, 0.29) is 0 Å². The molecule has 3 aromatic rings. The lowest BCUT2D eigenvalue weighted by molar-refractivity contribution is 1.33. The first-order valence-corrected chi connectivity index (χ1v) is 7.07. The number of hydrogen-bond donors (Lipinski definition) is 0. The van der Waals surface area contributed by atoms with Gasteiger partial charge in [-0.3, -0.25) is 0 Å². The first-order valence-electron chi connectivity index (χ1n) is 6.69. The minimum absolute atomic E-state index is 0.763. The van der Waals surface area contributed by atoms with E-state index in [1.54, 1.807) is 0 Å². The van der Waals surface area contributed by atoms with Crippen LogP contribution in [0.3, 0.4) is 0 Å². The zero-order valence-electron chi connectivity index (χ0n) is 11.9. The van der Waals surface area contributed by atoms with Crippen molar-refractivity contribution < 1.29 is 0 Å². The third-order valence-corrected chi connectivity index (χ3v) is 3.81. The summed E-state index contributed by atoms with van der Waals surface area (Å²) in [5.41, 5.74) is 6.79. The highest BCUT2D eigenvalue weighted by atomic mass is 35.5. The van der Waals surface area contributed by atoms with Crippen LogP contribution in [0.1, 0.15) is 16.7 Å². The third kappa shape index (κ3) is 2.30. The molecular weight excluding hydrogens is 266 g/mol. The molecule has 0 saturated heterocycles. The van der Waals surface area contributed by atoms with Gasteiger partial charge < -0.3 is 0 Å². The zero-order chi connectivity index (χ0) is 14.3. The second-order valence-electron chi connectivity index (χ2n) is 5.33. The number of halogens is 1. The van der Waals surface area contributed by atoms with Gasteiger partial charge in [-0.1, -0.05) is 34.9 Å². The molecule has 1 nitrogen and oxygen atoms in total. The Balaban J connectivity index is 2.27. The Hall–Kier alpha value is -1.86. The standard InChI is InChI=1S/C18H16ClN/c1-11-7-12(2)9-14(8-11)17-10-13(3)18-15(19)5-4-6-16(18)20-17/h4-10H,1-3H3. The fraction of sp³-hybridized carbons (Fsp3) is 0.167. The maximum atomic E-state index is 6.27. The van der Waals surface area contributed by atoms with E-state index in [2.05, 4.69) is 45.0 Å². The normalized spacial score (nSPS) is 11.0. The summed E-state index contributed by atoms with van der Waals surface area (Å²) in [6, 6.07) is 14.5. The van der Waals surface area contributed by atoms with Gasteiger partial charge in [0, 0.05) is 10.9 Å². The van der Waals surface area contributed by atoms with Gasteiger partial charge in [0.05, 0.1) is 16.2 Å². The van der Waals surface area contributed by atoms with Gasteiger partial charge in [0.1, 0.15) is 0 Å². The highest BCUT2D eigenvalue weighted by molar-refractivity contribution is 6.35. The number of aromatic nitrogens is 1. The highest BCUT2D eigenvalue weighted by Gasteiger charge is 2.08. The van der Waals surface area contributed by atoms with E-state index in [0.29, 0.717) is 0 Å². The first kappa shape index (κ1) is 13.1. The lowest BCUT2D eigenvalue weighted by Gasteiger charge is -2.09. The van der Waals surface area contributed by atoms with E-state index >= 15 is 0 Å². The summed E-state index contributed by atoms with van der Waals surface area (Å²) < 4.78 is 0. The van der Waals surface area contributed by atoms with Gasteiger partial charge in [-0.15, -0.1) is 0 Å². The number of aryl methyl sites for hydroxylation is 3. The van der Waals surface area contributed by atoms with Crippen LogP contribution in [-0.4, -0.2) is 4.98 Å². The Bertz CT molecular complexity index is 786. The van der Waals surface area contributed by atoms with Gasteiger partial charge in [0.15, 0.2) is 0 Å². The Kier molecular flexibility index (Phi) is 3.23. The van der Waals surface area contributed by atoms with Crippen LogP contribution in [0.2, 0.25) is 5.02 Å². The van der Waals surface area contributed by atoms with E-state index in [4.69, 9.17) is 16.6 Å². The number of rotatable bonds is 1. The van der Waals surface area contributed by atoms with Crippen molar-refractivity contribution in [2.24, 2.45) is 0 Å². The maximum absolute atomic E-state index is 6.27. The summed E-state index contributed by atoms with van der Waals surface area (Å²) in [6.07, 6.45) is 0. The van der Waals surface area contributed by atoms with E-state index < -0.39 is 0 Å². The molecule has 0 atom stereocenters. The van der Waals surface area contributed by atoms with Crippen molar-refractivity contribution in [2.45, 2.75) is 20.8 Å². The monoisotopic (exact) mass is 281 g/mol. The molecule has 100 valence electrons. The number of nitrogens with zero attached hydrogens (tertiary/aromatic N) is 1. The fourth-order valence-electron chi connectivity index (χ4n) is 2.71. The average molecular weight is 282 g/mol. The Morgan fingerprint density at radius 2 is 1.60 bits per heavy atom. The largest absolute Gasteiger partial charge is 0.248 e. The fourth-order valence-corrected chi connectivity index (χ4v) is 3.02. The molecule has 1 heterocycles. The molecule has 20 heavy (non-hydrogen) atoms. The summed E-state index contributed by atoms with van der Waals surface area (Å²) in [5.74, 6) is 0. The van der Waals surface area contributed by atoms with E-state index in [9.17, 15) is 0 Å². The van der Waals surface area contributed by atoms with Crippen molar-refractivity contribution in [1.82, 2.24) is 4.98 Å².